The SMILES string of the molecule is CC(C)(C)[S@+]([O-])N[C@@H](Cc1cc(F)cc(F)c1)c1ncc(Br)cc1Br. The largest absolute Gasteiger partial charge is 0.598 e. The summed E-state index contributed by atoms with van der Waals surface area (Å²) in [5.41, 5.74) is 1.07. The van der Waals surface area contributed by atoms with Gasteiger partial charge in [-0.05, 0) is 82.8 Å². The molecule has 1 heterocycles. The quantitative estimate of drug-likeness (QED) is 0.578. The second-order valence-electron chi connectivity index (χ2n) is 6.55. The molecule has 0 unspecified atom stereocenters. The van der Waals surface area contributed by atoms with Crippen molar-refractivity contribution in [2.24, 2.45) is 0 Å². The molecule has 0 saturated carbocycles. The molecule has 0 aliphatic heterocycles. The van der Waals surface area contributed by atoms with Crippen LogP contribution in [0.15, 0.2) is 39.4 Å². The zero-order chi connectivity index (χ0) is 18.8. The Morgan fingerprint density at radius 1 is 1.16 bits per heavy atom. The van der Waals surface area contributed by atoms with Gasteiger partial charge in [-0.2, -0.15) is 0 Å². The summed E-state index contributed by atoms with van der Waals surface area (Å²) in [7, 11) is 0. The molecule has 8 heteroatoms. The maximum absolute atomic E-state index is 13.5. The van der Waals surface area contributed by atoms with Gasteiger partial charge in [-0.15, -0.1) is 4.72 Å². The van der Waals surface area contributed by atoms with Crippen LogP contribution in [0.2, 0.25) is 0 Å². The summed E-state index contributed by atoms with van der Waals surface area (Å²) in [6, 6.07) is 4.70. The van der Waals surface area contributed by atoms with Crippen molar-refractivity contribution in [2.75, 3.05) is 0 Å². The van der Waals surface area contributed by atoms with Crippen LogP contribution >= 0.6 is 31.9 Å². The highest BCUT2D eigenvalue weighted by Crippen LogP contribution is 2.29. The molecule has 1 aromatic carbocycles. The van der Waals surface area contributed by atoms with Gasteiger partial charge < -0.3 is 4.55 Å². The number of nitrogens with one attached hydrogen (secondary N) is 1. The number of hydrogen-bond donors (Lipinski definition) is 1. The van der Waals surface area contributed by atoms with Crippen molar-refractivity contribution in [1.82, 2.24) is 9.71 Å². The highest BCUT2D eigenvalue weighted by Gasteiger charge is 2.31. The molecule has 0 aliphatic rings. The molecule has 0 fully saturated rings. The monoisotopic (exact) mass is 494 g/mol. The first-order chi connectivity index (χ1) is 11.6. The lowest BCUT2D eigenvalue weighted by molar-refractivity contribution is 0.516. The van der Waals surface area contributed by atoms with E-state index < -0.39 is 33.8 Å². The van der Waals surface area contributed by atoms with Gasteiger partial charge in [0, 0.05) is 32.6 Å². The van der Waals surface area contributed by atoms with E-state index in [9.17, 15) is 13.3 Å². The third-order valence-electron chi connectivity index (χ3n) is 3.33. The summed E-state index contributed by atoms with van der Waals surface area (Å²) in [5.74, 6) is -1.29. The van der Waals surface area contributed by atoms with Gasteiger partial charge in [0.05, 0.1) is 11.7 Å². The van der Waals surface area contributed by atoms with Crippen molar-refractivity contribution in [2.45, 2.75) is 38.0 Å². The summed E-state index contributed by atoms with van der Waals surface area (Å²) in [6.07, 6.45) is 1.87. The standard InChI is InChI=1S/C17H18Br2F2N2OS/c1-17(2,3)25(24)23-15(16-14(19)7-11(18)9-22-16)6-10-4-12(20)8-13(21)5-10/h4-5,7-9,15,23H,6H2,1-3H3/t15-,25-/m0/s1. The fraction of sp³-hybridized carbons (Fsp3) is 0.353. The number of rotatable bonds is 5. The molecule has 1 N–H and O–H groups in total. The van der Waals surface area contributed by atoms with Crippen molar-refractivity contribution in [3.8, 4) is 0 Å². The van der Waals surface area contributed by atoms with Crippen LogP contribution in [0.25, 0.3) is 0 Å². The first-order valence-corrected chi connectivity index (χ1v) is 10.2. The van der Waals surface area contributed by atoms with Gasteiger partial charge in [-0.25, -0.2) is 8.78 Å². The Kier molecular flexibility index (Phi) is 7.01. The van der Waals surface area contributed by atoms with Crippen LogP contribution in [0.1, 0.15) is 38.1 Å². The number of nitrogens with zero attached hydrogens (tertiary/aromatic N) is 1. The van der Waals surface area contributed by atoms with E-state index >= 15 is 0 Å². The Hall–Kier alpha value is -0.540. The molecular formula is C17H18Br2F2N2OS. The molecule has 0 radical (unpaired) electrons. The van der Waals surface area contributed by atoms with Gasteiger partial charge in [0.2, 0.25) is 0 Å². The van der Waals surface area contributed by atoms with E-state index in [-0.39, 0.29) is 6.42 Å². The highest BCUT2D eigenvalue weighted by atomic mass is 79.9. The van der Waals surface area contributed by atoms with Crippen LogP contribution in [0.5, 0.6) is 0 Å². The fourth-order valence-corrected chi connectivity index (χ4v) is 4.22. The maximum atomic E-state index is 13.5. The molecule has 0 aliphatic carbocycles. The zero-order valence-corrected chi connectivity index (χ0v) is 17.9. The molecule has 0 spiro atoms. The second-order valence-corrected chi connectivity index (χ2v) is 10.3. The van der Waals surface area contributed by atoms with E-state index in [1.165, 1.54) is 12.1 Å². The van der Waals surface area contributed by atoms with Crippen LogP contribution < -0.4 is 4.72 Å². The molecule has 1 aromatic heterocycles. The van der Waals surface area contributed by atoms with Gasteiger partial charge in [0.15, 0.2) is 0 Å². The lowest BCUT2D eigenvalue weighted by atomic mass is 10.0. The van der Waals surface area contributed by atoms with E-state index in [0.29, 0.717) is 15.7 Å². The van der Waals surface area contributed by atoms with Crippen LogP contribution in [-0.2, 0) is 17.8 Å². The molecule has 3 nitrogen and oxygen atoms in total. The van der Waals surface area contributed by atoms with Crippen molar-refractivity contribution >= 4 is 43.2 Å². The maximum Gasteiger partial charge on any atom is 0.136 e. The minimum absolute atomic E-state index is 0.240. The molecule has 2 aromatic rings. The normalized spacial score (nSPS) is 14.4. The van der Waals surface area contributed by atoms with E-state index in [2.05, 4.69) is 41.6 Å². The van der Waals surface area contributed by atoms with Gasteiger partial charge in [-0.1, -0.05) is 0 Å². The average Bonchev–Trinajstić information content (AvgIpc) is 2.44. The minimum atomic E-state index is -1.38. The number of hydrogen-bond acceptors (Lipinski definition) is 3. The molecule has 136 valence electrons. The van der Waals surface area contributed by atoms with Crippen LogP contribution in [0.4, 0.5) is 8.78 Å². The van der Waals surface area contributed by atoms with Crippen molar-refractivity contribution in [3.05, 3.63) is 62.3 Å². The Balaban J connectivity index is 2.37. The minimum Gasteiger partial charge on any atom is -0.598 e. The number of pyridine rings is 1. The van der Waals surface area contributed by atoms with Gasteiger partial charge in [0.25, 0.3) is 0 Å². The third kappa shape index (κ3) is 5.99. The summed E-state index contributed by atoms with van der Waals surface area (Å²) in [4.78, 5) is 4.38. The number of aromatic nitrogens is 1. The van der Waals surface area contributed by atoms with Crippen LogP contribution in [-0.4, -0.2) is 14.3 Å². The number of benzene rings is 1. The predicted octanol–water partition coefficient (Wildman–Crippen LogP) is 5.22. The first kappa shape index (κ1) is 20.8. The van der Waals surface area contributed by atoms with Crippen molar-refractivity contribution < 1.29 is 13.3 Å². The molecule has 25 heavy (non-hydrogen) atoms. The fourth-order valence-electron chi connectivity index (χ4n) is 2.15. The molecule has 0 saturated heterocycles. The summed E-state index contributed by atoms with van der Waals surface area (Å²) in [5, 5.41) is 0. The molecule has 0 bridgehead atoms. The molecule has 0 amide bonds. The number of halogens is 4. The van der Waals surface area contributed by atoms with Gasteiger partial charge in [0.1, 0.15) is 16.4 Å². The van der Waals surface area contributed by atoms with Gasteiger partial charge in [-0.3, -0.25) is 4.98 Å². The smallest absolute Gasteiger partial charge is 0.136 e. The Labute approximate surface area is 166 Å². The Morgan fingerprint density at radius 2 is 1.76 bits per heavy atom. The average molecular weight is 496 g/mol. The molecule has 2 atom stereocenters. The Bertz CT molecular complexity index is 736. The van der Waals surface area contributed by atoms with E-state index in [0.717, 1.165) is 10.5 Å². The van der Waals surface area contributed by atoms with Crippen LogP contribution in [0.3, 0.4) is 0 Å². The summed E-state index contributed by atoms with van der Waals surface area (Å²) in [6.45, 7) is 5.54. The predicted molar refractivity (Wildman–Crippen MR) is 103 cm³/mol. The van der Waals surface area contributed by atoms with E-state index in [1.807, 2.05) is 26.8 Å². The van der Waals surface area contributed by atoms with E-state index in [1.54, 1.807) is 6.20 Å². The molecular weight excluding hydrogens is 478 g/mol. The zero-order valence-electron chi connectivity index (χ0n) is 13.9. The van der Waals surface area contributed by atoms with Crippen molar-refractivity contribution in [1.29, 1.82) is 0 Å². The first-order valence-electron chi connectivity index (χ1n) is 7.50. The lowest BCUT2D eigenvalue weighted by Crippen LogP contribution is -2.42. The van der Waals surface area contributed by atoms with Crippen molar-refractivity contribution in [3.63, 3.8) is 0 Å². The van der Waals surface area contributed by atoms with Crippen LogP contribution in [0, 0.1) is 11.6 Å². The highest BCUT2D eigenvalue weighted by molar-refractivity contribution is 9.11. The van der Waals surface area contributed by atoms with Gasteiger partial charge >= 0.3 is 0 Å². The third-order valence-corrected chi connectivity index (χ3v) is 6.01. The lowest BCUT2D eigenvalue weighted by Gasteiger charge is -2.28. The Morgan fingerprint density at radius 3 is 2.28 bits per heavy atom. The summed E-state index contributed by atoms with van der Waals surface area (Å²) < 4.78 is 43.6. The molecule has 2 rings (SSSR count). The topological polar surface area (TPSA) is 48.0 Å². The summed E-state index contributed by atoms with van der Waals surface area (Å²) >= 11 is 5.42. The van der Waals surface area contributed by atoms with E-state index in [4.69, 9.17) is 0 Å². The second kappa shape index (κ2) is 8.43.